The van der Waals surface area contributed by atoms with Crippen molar-refractivity contribution in [2.24, 2.45) is 0 Å². The monoisotopic (exact) mass is 414 g/mol. The van der Waals surface area contributed by atoms with Crippen LogP contribution in [0.15, 0.2) is 48.5 Å². The van der Waals surface area contributed by atoms with E-state index >= 15 is 0 Å². The topological polar surface area (TPSA) is 75.7 Å². The molecule has 2 aliphatic rings. The van der Waals surface area contributed by atoms with Crippen LogP contribution in [0.5, 0.6) is 0 Å². The van der Waals surface area contributed by atoms with Crippen molar-refractivity contribution in [3.63, 3.8) is 0 Å². The molecule has 0 radical (unpaired) electrons. The van der Waals surface area contributed by atoms with Crippen LogP contribution in [0.2, 0.25) is 0 Å². The predicted molar refractivity (Wildman–Crippen MR) is 111 cm³/mol. The van der Waals surface area contributed by atoms with Crippen LogP contribution in [0.25, 0.3) is 0 Å². The number of sulfonamides is 1. The summed E-state index contributed by atoms with van der Waals surface area (Å²) in [4.78, 5) is 12.7. The third-order valence-corrected chi connectivity index (χ3v) is 7.45. The predicted octanol–water partition coefficient (Wildman–Crippen LogP) is 2.66. The average molecular weight is 415 g/mol. The van der Waals surface area contributed by atoms with Gasteiger partial charge in [-0.05, 0) is 48.1 Å². The largest absolute Gasteiger partial charge is 0.379 e. The number of hydrogen-bond donors (Lipinski definition) is 1. The van der Waals surface area contributed by atoms with Gasteiger partial charge in [-0.15, -0.1) is 0 Å². The van der Waals surface area contributed by atoms with Gasteiger partial charge in [-0.1, -0.05) is 36.4 Å². The molecule has 1 saturated heterocycles. The number of benzene rings is 2. The summed E-state index contributed by atoms with van der Waals surface area (Å²) < 4.78 is 31.8. The molecule has 1 aliphatic carbocycles. The molecule has 0 saturated carbocycles. The van der Waals surface area contributed by atoms with E-state index in [9.17, 15) is 13.2 Å². The summed E-state index contributed by atoms with van der Waals surface area (Å²) in [6.07, 6.45) is 3.04. The van der Waals surface area contributed by atoms with Crippen LogP contribution in [0.4, 0.5) is 0 Å². The molecule has 1 aliphatic heterocycles. The van der Waals surface area contributed by atoms with Crippen molar-refractivity contribution in [1.82, 2.24) is 9.62 Å². The Morgan fingerprint density at radius 3 is 2.55 bits per heavy atom. The second kappa shape index (κ2) is 8.65. The van der Waals surface area contributed by atoms with Crippen LogP contribution in [0.3, 0.4) is 0 Å². The Hall–Kier alpha value is -2.22. The van der Waals surface area contributed by atoms with Gasteiger partial charge in [0.05, 0.1) is 25.0 Å². The summed E-state index contributed by atoms with van der Waals surface area (Å²) in [5, 5.41) is 3.13. The van der Waals surface area contributed by atoms with Gasteiger partial charge in [0.1, 0.15) is 0 Å². The van der Waals surface area contributed by atoms with Gasteiger partial charge in [-0.2, -0.15) is 4.31 Å². The second-order valence-corrected chi connectivity index (χ2v) is 9.55. The molecule has 1 N–H and O–H groups in total. The second-order valence-electron chi connectivity index (χ2n) is 7.58. The lowest BCUT2D eigenvalue weighted by molar-refractivity contribution is 0.0729. The molecule has 0 aromatic heterocycles. The minimum Gasteiger partial charge on any atom is -0.379 e. The molecule has 1 heterocycles. The van der Waals surface area contributed by atoms with E-state index in [1.54, 1.807) is 24.3 Å². The quantitative estimate of drug-likeness (QED) is 0.816. The fraction of sp³-hybridized carbons (Fsp3) is 0.409. The van der Waals surface area contributed by atoms with Gasteiger partial charge in [-0.3, -0.25) is 4.79 Å². The number of morpholine rings is 1. The molecule has 4 rings (SSSR count). The summed E-state index contributed by atoms with van der Waals surface area (Å²) >= 11 is 0. The van der Waals surface area contributed by atoms with Crippen molar-refractivity contribution in [2.45, 2.75) is 31.1 Å². The van der Waals surface area contributed by atoms with Crippen molar-refractivity contribution >= 4 is 15.9 Å². The van der Waals surface area contributed by atoms with Crippen LogP contribution in [-0.2, 0) is 26.9 Å². The average Bonchev–Trinajstić information content (AvgIpc) is 2.75. The van der Waals surface area contributed by atoms with Crippen molar-refractivity contribution in [3.05, 3.63) is 70.8 Å². The Balaban J connectivity index is 1.41. The summed E-state index contributed by atoms with van der Waals surface area (Å²) in [7, 11) is -3.37. The SMILES string of the molecule is O=C(N[C@H]1CCCc2ccccc21)c1ccc(CS(=O)(=O)N2CCOCC2)cc1. The highest BCUT2D eigenvalue weighted by molar-refractivity contribution is 7.88. The van der Waals surface area contributed by atoms with Gasteiger partial charge >= 0.3 is 0 Å². The minimum atomic E-state index is -3.37. The smallest absolute Gasteiger partial charge is 0.251 e. The van der Waals surface area contributed by atoms with E-state index in [2.05, 4.69) is 17.4 Å². The van der Waals surface area contributed by atoms with E-state index in [4.69, 9.17) is 4.74 Å². The number of rotatable bonds is 5. The highest BCUT2D eigenvalue weighted by Crippen LogP contribution is 2.29. The maximum Gasteiger partial charge on any atom is 0.251 e. The molecular weight excluding hydrogens is 388 g/mol. The Kier molecular flexibility index (Phi) is 5.99. The number of carbonyl (C=O) groups excluding carboxylic acids is 1. The fourth-order valence-electron chi connectivity index (χ4n) is 4.02. The highest BCUT2D eigenvalue weighted by Gasteiger charge is 2.25. The number of ether oxygens (including phenoxy) is 1. The molecule has 29 heavy (non-hydrogen) atoms. The van der Waals surface area contributed by atoms with E-state index in [1.807, 2.05) is 12.1 Å². The van der Waals surface area contributed by atoms with Gasteiger partial charge in [0, 0.05) is 18.7 Å². The normalized spacial score (nSPS) is 20.1. The summed E-state index contributed by atoms with van der Waals surface area (Å²) in [5.41, 5.74) is 3.71. The molecule has 0 bridgehead atoms. The first-order chi connectivity index (χ1) is 14.0. The summed E-state index contributed by atoms with van der Waals surface area (Å²) in [6, 6.07) is 15.1. The minimum absolute atomic E-state index is 0.0221. The molecule has 2 aromatic rings. The van der Waals surface area contributed by atoms with Crippen molar-refractivity contribution < 1.29 is 17.9 Å². The van der Waals surface area contributed by atoms with Crippen molar-refractivity contribution in [3.8, 4) is 0 Å². The molecule has 154 valence electrons. The first-order valence-corrected chi connectivity index (χ1v) is 11.7. The van der Waals surface area contributed by atoms with Gasteiger partial charge in [0.15, 0.2) is 0 Å². The summed E-state index contributed by atoms with van der Waals surface area (Å²) in [5.74, 6) is -0.195. The van der Waals surface area contributed by atoms with Crippen molar-refractivity contribution in [1.29, 1.82) is 0 Å². The zero-order chi connectivity index (χ0) is 20.3. The maximum absolute atomic E-state index is 12.7. The molecular formula is C22H26N2O4S. The third-order valence-electron chi connectivity index (χ3n) is 5.60. The molecule has 1 fully saturated rings. The van der Waals surface area contributed by atoms with Crippen molar-refractivity contribution in [2.75, 3.05) is 26.3 Å². The van der Waals surface area contributed by atoms with Crippen LogP contribution in [0, 0.1) is 0 Å². The number of nitrogens with zero attached hydrogens (tertiary/aromatic N) is 1. The van der Waals surface area contributed by atoms with Crippen LogP contribution >= 0.6 is 0 Å². The fourth-order valence-corrected chi connectivity index (χ4v) is 5.53. The van der Waals surface area contributed by atoms with Gasteiger partial charge in [0.2, 0.25) is 10.0 Å². The van der Waals surface area contributed by atoms with E-state index in [-0.39, 0.29) is 17.7 Å². The first-order valence-electron chi connectivity index (χ1n) is 10.1. The maximum atomic E-state index is 12.7. The molecule has 2 aromatic carbocycles. The Morgan fingerprint density at radius 2 is 1.79 bits per heavy atom. The Bertz CT molecular complexity index is 967. The molecule has 0 unspecified atom stereocenters. The molecule has 1 atom stereocenters. The highest BCUT2D eigenvalue weighted by atomic mass is 32.2. The number of fused-ring (bicyclic) bond motifs is 1. The third kappa shape index (κ3) is 4.69. The lowest BCUT2D eigenvalue weighted by atomic mass is 9.87. The zero-order valence-electron chi connectivity index (χ0n) is 16.3. The van der Waals surface area contributed by atoms with Crippen LogP contribution in [0.1, 0.15) is 45.9 Å². The number of aryl methyl sites for hydroxylation is 1. The molecule has 1 amide bonds. The standard InChI is InChI=1S/C22H26N2O4S/c25-22(23-21-7-3-5-18-4-1-2-6-20(18)21)19-10-8-17(9-11-19)16-29(26,27)24-12-14-28-15-13-24/h1-2,4,6,8-11,21H,3,5,7,12-16H2,(H,23,25)/t21-/m0/s1. The molecule has 7 heteroatoms. The number of nitrogens with one attached hydrogen (secondary N) is 1. The van der Waals surface area contributed by atoms with Gasteiger partial charge in [0.25, 0.3) is 5.91 Å². The van der Waals surface area contributed by atoms with Gasteiger partial charge < -0.3 is 10.1 Å². The molecule has 6 nitrogen and oxygen atoms in total. The number of amides is 1. The number of carbonyl (C=O) groups is 1. The van der Waals surface area contributed by atoms with E-state index in [0.717, 1.165) is 19.3 Å². The number of hydrogen-bond acceptors (Lipinski definition) is 4. The lowest BCUT2D eigenvalue weighted by Crippen LogP contribution is -2.41. The molecule has 0 spiro atoms. The van der Waals surface area contributed by atoms with Crippen LogP contribution in [-0.4, -0.2) is 44.9 Å². The zero-order valence-corrected chi connectivity index (χ0v) is 17.2. The van der Waals surface area contributed by atoms with E-state index in [0.29, 0.717) is 37.4 Å². The van der Waals surface area contributed by atoms with Crippen LogP contribution < -0.4 is 5.32 Å². The Labute approximate surface area is 171 Å². The van der Waals surface area contributed by atoms with E-state index in [1.165, 1.54) is 15.4 Å². The van der Waals surface area contributed by atoms with Gasteiger partial charge in [-0.25, -0.2) is 8.42 Å². The summed E-state index contributed by atoms with van der Waals surface area (Å²) in [6.45, 7) is 1.66. The lowest BCUT2D eigenvalue weighted by Gasteiger charge is -2.26. The Morgan fingerprint density at radius 1 is 1.07 bits per heavy atom. The van der Waals surface area contributed by atoms with E-state index < -0.39 is 10.0 Å². The first kappa shape index (κ1) is 20.1.